The number of nitrogens with two attached hydrogens (primary N) is 1. The van der Waals surface area contributed by atoms with Crippen molar-refractivity contribution in [1.82, 2.24) is 10.2 Å². The smallest absolute Gasteiger partial charge is 0.409 e. The van der Waals surface area contributed by atoms with E-state index in [9.17, 15) is 4.79 Å². The van der Waals surface area contributed by atoms with Crippen LogP contribution in [0.25, 0.3) is 0 Å². The van der Waals surface area contributed by atoms with E-state index in [0.717, 1.165) is 37.2 Å². The molecule has 1 amide bonds. The summed E-state index contributed by atoms with van der Waals surface area (Å²) in [6, 6.07) is 6.17. The van der Waals surface area contributed by atoms with Crippen LogP contribution in [-0.4, -0.2) is 63.5 Å². The van der Waals surface area contributed by atoms with Crippen molar-refractivity contribution in [2.45, 2.75) is 38.6 Å². The molecule has 0 saturated carbocycles. The number of piperidine rings is 1. The van der Waals surface area contributed by atoms with Gasteiger partial charge in [-0.3, -0.25) is 4.99 Å². The van der Waals surface area contributed by atoms with Crippen LogP contribution in [0.2, 0.25) is 0 Å². The van der Waals surface area contributed by atoms with E-state index in [1.807, 2.05) is 25.1 Å². The number of nitrogens with zero attached hydrogens (tertiary/aromatic N) is 2. The van der Waals surface area contributed by atoms with Crippen LogP contribution >= 0.6 is 24.0 Å². The normalized spacial score (nSPS) is 14.7. The Balaban J connectivity index is 0.00000420. The maximum absolute atomic E-state index is 11.7. The first kappa shape index (κ1) is 25.1. The van der Waals surface area contributed by atoms with Gasteiger partial charge in [-0.15, -0.1) is 24.0 Å². The SMILES string of the molecule is CCOC(=O)N1CCC(NC(N)=NCCCc2ccc(OC)c(OC)c2)CC1.I. The van der Waals surface area contributed by atoms with Crippen LogP contribution < -0.4 is 20.5 Å². The van der Waals surface area contributed by atoms with Crippen LogP contribution in [0, 0.1) is 0 Å². The highest BCUT2D eigenvalue weighted by Gasteiger charge is 2.23. The number of likely N-dealkylation sites (tertiary alicyclic amines) is 1. The molecule has 1 aliphatic heterocycles. The summed E-state index contributed by atoms with van der Waals surface area (Å²) in [5.41, 5.74) is 7.18. The second-order valence-electron chi connectivity index (χ2n) is 6.66. The first-order valence-corrected chi connectivity index (χ1v) is 9.76. The van der Waals surface area contributed by atoms with Gasteiger partial charge in [-0.1, -0.05) is 6.07 Å². The molecule has 29 heavy (non-hydrogen) atoms. The molecule has 2 rings (SSSR count). The molecule has 1 fully saturated rings. The number of aryl methyl sites for hydroxylation is 1. The summed E-state index contributed by atoms with van der Waals surface area (Å²) in [6.07, 6.45) is 3.20. The van der Waals surface area contributed by atoms with Gasteiger partial charge < -0.3 is 30.2 Å². The number of benzene rings is 1. The number of hydrogen-bond acceptors (Lipinski definition) is 5. The second kappa shape index (κ2) is 13.3. The van der Waals surface area contributed by atoms with E-state index in [2.05, 4.69) is 10.3 Å². The van der Waals surface area contributed by atoms with Crippen molar-refractivity contribution in [1.29, 1.82) is 0 Å². The van der Waals surface area contributed by atoms with Crippen molar-refractivity contribution in [3.05, 3.63) is 23.8 Å². The zero-order valence-electron chi connectivity index (χ0n) is 17.5. The summed E-state index contributed by atoms with van der Waals surface area (Å²) >= 11 is 0. The quantitative estimate of drug-likeness (QED) is 0.237. The molecular weight excluding hydrogens is 487 g/mol. The van der Waals surface area contributed by atoms with Crippen LogP contribution in [0.15, 0.2) is 23.2 Å². The van der Waals surface area contributed by atoms with Gasteiger partial charge >= 0.3 is 6.09 Å². The van der Waals surface area contributed by atoms with Crippen molar-refractivity contribution in [3.63, 3.8) is 0 Å². The standard InChI is InChI=1S/C20H32N4O4.HI/c1-4-28-20(25)24-12-9-16(10-13-24)23-19(21)22-11-5-6-15-7-8-17(26-2)18(14-15)27-3;/h7-8,14,16H,4-6,9-13H2,1-3H3,(H3,21,22,23);1H. The molecule has 8 nitrogen and oxygen atoms in total. The van der Waals surface area contributed by atoms with Gasteiger partial charge in [-0.2, -0.15) is 0 Å². The molecule has 0 unspecified atom stereocenters. The van der Waals surface area contributed by atoms with E-state index in [4.69, 9.17) is 19.9 Å². The zero-order chi connectivity index (χ0) is 20.4. The molecular formula is C20H33IN4O4. The van der Waals surface area contributed by atoms with Crippen molar-refractivity contribution >= 4 is 36.0 Å². The molecule has 0 spiro atoms. The third-order valence-corrected chi connectivity index (χ3v) is 4.73. The predicted octanol–water partition coefficient (Wildman–Crippen LogP) is 2.78. The maximum atomic E-state index is 11.7. The number of carbonyl (C=O) groups excluding carboxylic acids is 1. The Hall–Kier alpha value is -1.91. The van der Waals surface area contributed by atoms with Gasteiger partial charge in [-0.05, 0) is 50.3 Å². The number of ether oxygens (including phenoxy) is 3. The van der Waals surface area contributed by atoms with Crippen LogP contribution in [0.3, 0.4) is 0 Å². The zero-order valence-corrected chi connectivity index (χ0v) is 19.8. The van der Waals surface area contributed by atoms with Crippen LogP contribution in [0.5, 0.6) is 11.5 Å². The Morgan fingerprint density at radius 1 is 1.24 bits per heavy atom. The Labute approximate surface area is 190 Å². The predicted molar refractivity (Wildman–Crippen MR) is 125 cm³/mol. The van der Waals surface area contributed by atoms with E-state index in [1.165, 1.54) is 5.56 Å². The molecule has 1 heterocycles. The Morgan fingerprint density at radius 2 is 1.93 bits per heavy atom. The lowest BCUT2D eigenvalue weighted by atomic mass is 10.1. The number of amides is 1. The number of aliphatic imine (C=N–C) groups is 1. The summed E-state index contributed by atoms with van der Waals surface area (Å²) in [7, 11) is 3.26. The minimum absolute atomic E-state index is 0. The van der Waals surface area contributed by atoms with Gasteiger partial charge in [0.25, 0.3) is 0 Å². The minimum atomic E-state index is -0.238. The van der Waals surface area contributed by atoms with Crippen LogP contribution in [0.1, 0.15) is 31.7 Å². The first-order chi connectivity index (χ1) is 13.6. The van der Waals surface area contributed by atoms with Crippen LogP contribution in [-0.2, 0) is 11.2 Å². The lowest BCUT2D eigenvalue weighted by molar-refractivity contribution is 0.0963. The van der Waals surface area contributed by atoms with Gasteiger partial charge in [0.15, 0.2) is 17.5 Å². The highest BCUT2D eigenvalue weighted by atomic mass is 127. The number of nitrogens with one attached hydrogen (secondary N) is 1. The molecule has 0 aromatic heterocycles. The highest BCUT2D eigenvalue weighted by Crippen LogP contribution is 2.27. The van der Waals surface area contributed by atoms with Crippen molar-refractivity contribution in [3.8, 4) is 11.5 Å². The number of guanidine groups is 1. The van der Waals surface area contributed by atoms with E-state index in [1.54, 1.807) is 19.1 Å². The Kier molecular flexibility index (Phi) is 11.6. The number of hydrogen-bond donors (Lipinski definition) is 2. The molecule has 9 heteroatoms. The van der Waals surface area contributed by atoms with Gasteiger partial charge in [0.05, 0.1) is 20.8 Å². The molecule has 3 N–H and O–H groups in total. The molecule has 0 radical (unpaired) electrons. The lowest BCUT2D eigenvalue weighted by Crippen LogP contribution is -2.48. The monoisotopic (exact) mass is 520 g/mol. The third-order valence-electron chi connectivity index (χ3n) is 4.73. The lowest BCUT2D eigenvalue weighted by Gasteiger charge is -2.31. The van der Waals surface area contributed by atoms with Gasteiger partial charge in [0, 0.05) is 25.7 Å². The van der Waals surface area contributed by atoms with Crippen LogP contribution in [0.4, 0.5) is 4.79 Å². The number of rotatable bonds is 8. The number of carbonyl (C=O) groups is 1. The average Bonchev–Trinajstić information content (AvgIpc) is 2.71. The molecule has 1 aromatic rings. The molecule has 0 bridgehead atoms. The summed E-state index contributed by atoms with van der Waals surface area (Å²) < 4.78 is 15.6. The van der Waals surface area contributed by atoms with Crippen molar-refractivity contribution < 1.29 is 19.0 Å². The third kappa shape index (κ3) is 8.15. The maximum Gasteiger partial charge on any atom is 0.409 e. The van der Waals surface area contributed by atoms with E-state index >= 15 is 0 Å². The van der Waals surface area contributed by atoms with Crippen molar-refractivity contribution in [2.75, 3.05) is 40.5 Å². The summed E-state index contributed by atoms with van der Waals surface area (Å²) in [5.74, 6) is 1.92. The fourth-order valence-electron chi connectivity index (χ4n) is 3.19. The van der Waals surface area contributed by atoms with Gasteiger partial charge in [0.1, 0.15) is 0 Å². The van der Waals surface area contributed by atoms with E-state index in [0.29, 0.717) is 32.2 Å². The van der Waals surface area contributed by atoms with Crippen molar-refractivity contribution in [2.24, 2.45) is 10.7 Å². The van der Waals surface area contributed by atoms with Gasteiger partial charge in [-0.25, -0.2) is 4.79 Å². The first-order valence-electron chi connectivity index (χ1n) is 9.76. The molecule has 164 valence electrons. The molecule has 1 saturated heterocycles. The Bertz CT molecular complexity index is 664. The molecule has 1 aromatic carbocycles. The molecule has 0 atom stereocenters. The van der Waals surface area contributed by atoms with E-state index in [-0.39, 0.29) is 36.1 Å². The van der Waals surface area contributed by atoms with E-state index < -0.39 is 0 Å². The number of halogens is 1. The summed E-state index contributed by atoms with van der Waals surface area (Å²) in [5, 5.41) is 3.25. The molecule has 0 aliphatic carbocycles. The average molecular weight is 520 g/mol. The summed E-state index contributed by atoms with van der Waals surface area (Å²) in [4.78, 5) is 17.9. The minimum Gasteiger partial charge on any atom is -0.493 e. The Morgan fingerprint density at radius 3 is 2.55 bits per heavy atom. The molecule has 1 aliphatic rings. The highest BCUT2D eigenvalue weighted by molar-refractivity contribution is 14.0. The fraction of sp³-hybridized carbons (Fsp3) is 0.600. The topological polar surface area (TPSA) is 98.4 Å². The fourth-order valence-corrected chi connectivity index (χ4v) is 3.19. The second-order valence-corrected chi connectivity index (χ2v) is 6.66. The number of methoxy groups -OCH3 is 2. The summed E-state index contributed by atoms with van der Waals surface area (Å²) in [6.45, 7) is 4.20. The van der Waals surface area contributed by atoms with Gasteiger partial charge in [0.2, 0.25) is 0 Å². The largest absolute Gasteiger partial charge is 0.493 e.